The second-order valence-corrected chi connectivity index (χ2v) is 6.97. The Balaban J connectivity index is 2.41. The summed E-state index contributed by atoms with van der Waals surface area (Å²) < 4.78 is 0. The minimum absolute atomic E-state index is 0.142. The highest BCUT2D eigenvalue weighted by Gasteiger charge is 2.31. The van der Waals surface area contributed by atoms with Crippen LogP contribution in [-0.2, 0) is 4.79 Å². The Kier molecular flexibility index (Phi) is 5.81. The van der Waals surface area contributed by atoms with Crippen molar-refractivity contribution >= 4 is 5.91 Å². The van der Waals surface area contributed by atoms with Gasteiger partial charge in [0.05, 0.1) is 6.10 Å². The maximum atomic E-state index is 12.1. The van der Waals surface area contributed by atoms with Crippen molar-refractivity contribution in [3.05, 3.63) is 0 Å². The van der Waals surface area contributed by atoms with Gasteiger partial charge in [0.2, 0.25) is 5.91 Å². The highest BCUT2D eigenvalue weighted by Crippen LogP contribution is 2.25. The topological polar surface area (TPSA) is 52.6 Å². The molecule has 1 fully saturated rings. The van der Waals surface area contributed by atoms with Crippen LogP contribution in [0.25, 0.3) is 0 Å². The van der Waals surface area contributed by atoms with Crippen LogP contribution in [0.1, 0.15) is 40.5 Å². The summed E-state index contributed by atoms with van der Waals surface area (Å²) in [5.41, 5.74) is -0.282. The monoisotopic (exact) mass is 270 g/mol. The zero-order valence-corrected chi connectivity index (χ0v) is 13.1. The van der Waals surface area contributed by atoms with Gasteiger partial charge in [-0.3, -0.25) is 4.79 Å². The molecule has 1 unspecified atom stereocenters. The number of nitrogens with zero attached hydrogens (tertiary/aromatic N) is 1. The first-order valence-corrected chi connectivity index (χ1v) is 7.38. The van der Waals surface area contributed by atoms with Gasteiger partial charge in [0.25, 0.3) is 0 Å². The van der Waals surface area contributed by atoms with Crippen molar-refractivity contribution in [1.29, 1.82) is 0 Å². The summed E-state index contributed by atoms with van der Waals surface area (Å²) >= 11 is 0. The third-order valence-electron chi connectivity index (χ3n) is 4.24. The number of likely N-dealkylation sites (tertiary alicyclic amines) is 1. The van der Waals surface area contributed by atoms with E-state index < -0.39 is 6.10 Å². The standard InChI is InChI=1S/C15H30N2O2/c1-11(2)13(18)15(3,4)10-16-14(19)12-6-8-17(5)9-7-12/h11-13,18H,6-10H2,1-5H3,(H,16,19). The molecule has 0 spiro atoms. The van der Waals surface area contributed by atoms with Gasteiger partial charge in [-0.1, -0.05) is 27.7 Å². The second-order valence-electron chi connectivity index (χ2n) is 6.97. The SMILES string of the molecule is CC(C)C(O)C(C)(C)CNC(=O)C1CCN(C)CC1. The van der Waals surface area contributed by atoms with Crippen LogP contribution in [0.15, 0.2) is 0 Å². The van der Waals surface area contributed by atoms with Gasteiger partial charge >= 0.3 is 0 Å². The fourth-order valence-corrected chi connectivity index (χ4v) is 2.74. The van der Waals surface area contributed by atoms with E-state index in [4.69, 9.17) is 0 Å². The van der Waals surface area contributed by atoms with Gasteiger partial charge in [-0.2, -0.15) is 0 Å². The van der Waals surface area contributed by atoms with Crippen molar-refractivity contribution in [2.24, 2.45) is 17.3 Å². The molecule has 0 aromatic rings. The van der Waals surface area contributed by atoms with Crippen molar-refractivity contribution in [2.45, 2.75) is 46.6 Å². The van der Waals surface area contributed by atoms with E-state index in [1.165, 1.54) is 0 Å². The van der Waals surface area contributed by atoms with Crippen molar-refractivity contribution in [2.75, 3.05) is 26.7 Å². The molecule has 1 rings (SSSR count). The van der Waals surface area contributed by atoms with Crippen LogP contribution in [0, 0.1) is 17.3 Å². The number of rotatable bonds is 5. The molecule has 0 aliphatic carbocycles. The molecule has 1 heterocycles. The second kappa shape index (κ2) is 6.71. The predicted molar refractivity (Wildman–Crippen MR) is 77.9 cm³/mol. The first kappa shape index (κ1) is 16.4. The normalized spacial score (nSPS) is 20.6. The van der Waals surface area contributed by atoms with Crippen LogP contribution < -0.4 is 5.32 Å². The number of hydrogen-bond donors (Lipinski definition) is 2. The molecule has 4 nitrogen and oxygen atoms in total. The van der Waals surface area contributed by atoms with Crippen molar-refractivity contribution in [1.82, 2.24) is 10.2 Å². The number of aliphatic hydroxyl groups is 1. The number of carbonyl (C=O) groups is 1. The molecule has 1 aliphatic heterocycles. The number of hydrogen-bond acceptors (Lipinski definition) is 3. The molecule has 0 bridgehead atoms. The van der Waals surface area contributed by atoms with Gasteiger partial charge in [0.1, 0.15) is 0 Å². The molecule has 112 valence electrons. The molecule has 4 heteroatoms. The van der Waals surface area contributed by atoms with Crippen LogP contribution in [0.5, 0.6) is 0 Å². The molecule has 0 aromatic heterocycles. The van der Waals surface area contributed by atoms with Gasteiger partial charge in [-0.25, -0.2) is 0 Å². The average Bonchev–Trinajstić information content (AvgIpc) is 2.35. The molecular weight excluding hydrogens is 240 g/mol. The highest BCUT2D eigenvalue weighted by atomic mass is 16.3. The molecule has 19 heavy (non-hydrogen) atoms. The maximum absolute atomic E-state index is 12.1. The summed E-state index contributed by atoms with van der Waals surface area (Å²) in [6.07, 6.45) is 1.48. The lowest BCUT2D eigenvalue weighted by molar-refractivity contribution is -0.127. The van der Waals surface area contributed by atoms with Crippen molar-refractivity contribution < 1.29 is 9.90 Å². The highest BCUT2D eigenvalue weighted by molar-refractivity contribution is 5.78. The van der Waals surface area contributed by atoms with E-state index in [1.54, 1.807) is 0 Å². The lowest BCUT2D eigenvalue weighted by atomic mass is 9.80. The Morgan fingerprint density at radius 2 is 1.89 bits per heavy atom. The van der Waals surface area contributed by atoms with E-state index in [0.29, 0.717) is 6.54 Å². The summed E-state index contributed by atoms with van der Waals surface area (Å²) in [5, 5.41) is 13.2. The summed E-state index contributed by atoms with van der Waals surface area (Å²) in [4.78, 5) is 14.4. The average molecular weight is 270 g/mol. The summed E-state index contributed by atoms with van der Waals surface area (Å²) in [5.74, 6) is 0.496. The largest absolute Gasteiger partial charge is 0.392 e. The van der Waals surface area contributed by atoms with Crippen LogP contribution >= 0.6 is 0 Å². The molecule has 1 saturated heterocycles. The van der Waals surface area contributed by atoms with Gasteiger partial charge in [0.15, 0.2) is 0 Å². The van der Waals surface area contributed by atoms with Crippen molar-refractivity contribution in [3.63, 3.8) is 0 Å². The molecule has 0 radical (unpaired) electrons. The number of amides is 1. The zero-order chi connectivity index (χ0) is 14.6. The number of piperidine rings is 1. The summed E-state index contributed by atoms with van der Waals surface area (Å²) in [7, 11) is 2.09. The van der Waals surface area contributed by atoms with Crippen LogP contribution in [0.3, 0.4) is 0 Å². The van der Waals surface area contributed by atoms with Crippen molar-refractivity contribution in [3.8, 4) is 0 Å². The van der Waals surface area contributed by atoms with E-state index in [-0.39, 0.29) is 23.2 Å². The lowest BCUT2D eigenvalue weighted by Crippen LogP contribution is -2.46. The third kappa shape index (κ3) is 4.77. The van der Waals surface area contributed by atoms with E-state index in [0.717, 1.165) is 25.9 Å². The Bertz CT molecular complexity index is 295. The molecule has 1 amide bonds. The Hall–Kier alpha value is -0.610. The molecule has 2 N–H and O–H groups in total. The van der Waals surface area contributed by atoms with E-state index in [9.17, 15) is 9.90 Å². The lowest BCUT2D eigenvalue weighted by Gasteiger charge is -2.34. The number of carbonyl (C=O) groups excluding carboxylic acids is 1. The fraction of sp³-hybridized carbons (Fsp3) is 0.933. The predicted octanol–water partition coefficient (Wildman–Crippen LogP) is 1.49. The van der Waals surface area contributed by atoms with Gasteiger partial charge in [-0.05, 0) is 38.9 Å². The summed E-state index contributed by atoms with van der Waals surface area (Å²) in [6.45, 7) is 10.6. The maximum Gasteiger partial charge on any atom is 0.223 e. The summed E-state index contributed by atoms with van der Waals surface area (Å²) in [6, 6.07) is 0. The first-order chi connectivity index (χ1) is 8.74. The number of nitrogens with one attached hydrogen (secondary N) is 1. The molecular formula is C15H30N2O2. The van der Waals surface area contributed by atoms with E-state index >= 15 is 0 Å². The van der Waals surface area contributed by atoms with Gasteiger partial charge in [0, 0.05) is 17.9 Å². The van der Waals surface area contributed by atoms with Gasteiger partial charge in [-0.15, -0.1) is 0 Å². The smallest absolute Gasteiger partial charge is 0.223 e. The van der Waals surface area contributed by atoms with Gasteiger partial charge < -0.3 is 15.3 Å². The quantitative estimate of drug-likeness (QED) is 0.796. The molecule has 0 aromatic carbocycles. The number of aliphatic hydroxyl groups excluding tert-OH is 1. The minimum atomic E-state index is -0.398. The zero-order valence-electron chi connectivity index (χ0n) is 13.1. The molecule has 1 atom stereocenters. The fourth-order valence-electron chi connectivity index (χ4n) is 2.74. The van der Waals surface area contributed by atoms with Crippen LogP contribution in [-0.4, -0.2) is 48.7 Å². The minimum Gasteiger partial charge on any atom is -0.392 e. The Morgan fingerprint density at radius 3 is 2.37 bits per heavy atom. The Morgan fingerprint density at radius 1 is 1.37 bits per heavy atom. The van der Waals surface area contributed by atoms with Crippen LogP contribution in [0.2, 0.25) is 0 Å². The first-order valence-electron chi connectivity index (χ1n) is 7.38. The molecule has 1 aliphatic rings. The Labute approximate surface area is 117 Å². The van der Waals surface area contributed by atoms with E-state index in [2.05, 4.69) is 17.3 Å². The third-order valence-corrected chi connectivity index (χ3v) is 4.24. The van der Waals surface area contributed by atoms with E-state index in [1.807, 2.05) is 27.7 Å². The van der Waals surface area contributed by atoms with Crippen LogP contribution in [0.4, 0.5) is 0 Å². The molecule has 0 saturated carbocycles.